The molecule has 0 radical (unpaired) electrons. The van der Waals surface area contributed by atoms with Gasteiger partial charge in [-0.2, -0.15) is 0 Å². The van der Waals surface area contributed by atoms with Crippen LogP contribution >= 0.6 is 0 Å². The van der Waals surface area contributed by atoms with Crippen LogP contribution < -0.4 is 4.74 Å². The molecule has 4 heterocycles. The predicted octanol–water partition coefficient (Wildman–Crippen LogP) is 6.18. The average molecular weight is 515 g/mol. The summed E-state index contributed by atoms with van der Waals surface area (Å²) in [6.45, 7) is 4.88. The van der Waals surface area contributed by atoms with Crippen molar-refractivity contribution < 1.29 is 37.1 Å². The van der Waals surface area contributed by atoms with Crippen molar-refractivity contribution in [3.05, 3.63) is 53.7 Å². The number of alkyl halides is 3. The van der Waals surface area contributed by atoms with Gasteiger partial charge in [0.25, 0.3) is 0 Å². The lowest BCUT2D eigenvalue weighted by Crippen LogP contribution is -2.19. The van der Waals surface area contributed by atoms with Gasteiger partial charge < -0.3 is 23.7 Å². The van der Waals surface area contributed by atoms with Gasteiger partial charge in [0.05, 0.1) is 11.3 Å². The molecular formula is C26H24F3N3O5. The van der Waals surface area contributed by atoms with Crippen LogP contribution in [0, 0.1) is 6.92 Å². The summed E-state index contributed by atoms with van der Waals surface area (Å²) in [5.41, 5.74) is 3.01. The molecule has 0 saturated carbocycles. The van der Waals surface area contributed by atoms with Gasteiger partial charge in [-0.25, -0.2) is 9.78 Å². The Morgan fingerprint density at radius 3 is 2.65 bits per heavy atom. The van der Waals surface area contributed by atoms with Crippen molar-refractivity contribution >= 4 is 17.0 Å². The fraction of sp³-hybridized carbons (Fsp3) is 0.346. The summed E-state index contributed by atoms with van der Waals surface area (Å²) >= 11 is 0. The molecule has 0 bridgehead atoms. The minimum absolute atomic E-state index is 0.0390. The van der Waals surface area contributed by atoms with E-state index < -0.39 is 18.1 Å². The second-order valence-electron chi connectivity index (χ2n) is 8.87. The molecule has 0 atom stereocenters. The van der Waals surface area contributed by atoms with E-state index in [1.165, 1.54) is 12.1 Å². The van der Waals surface area contributed by atoms with Gasteiger partial charge in [-0.05, 0) is 44.0 Å². The van der Waals surface area contributed by atoms with Crippen LogP contribution in [0.5, 0.6) is 5.75 Å². The first-order valence-corrected chi connectivity index (χ1v) is 11.8. The summed E-state index contributed by atoms with van der Waals surface area (Å²) in [4.78, 5) is 16.2. The summed E-state index contributed by atoms with van der Waals surface area (Å²) in [6.07, 6.45) is 0.510. The van der Waals surface area contributed by atoms with Crippen LogP contribution in [0.3, 0.4) is 0 Å². The maximum absolute atomic E-state index is 13.3. The van der Waals surface area contributed by atoms with E-state index in [4.69, 9.17) is 14.2 Å². The van der Waals surface area contributed by atoms with Crippen molar-refractivity contribution in [2.24, 2.45) is 0 Å². The van der Waals surface area contributed by atoms with Crippen LogP contribution in [0.1, 0.15) is 47.6 Å². The van der Waals surface area contributed by atoms with Crippen LogP contribution in [0.2, 0.25) is 0 Å². The number of carbonyl (C=O) groups is 1. The quantitative estimate of drug-likeness (QED) is 0.327. The third-order valence-electron chi connectivity index (χ3n) is 6.54. The van der Waals surface area contributed by atoms with E-state index in [-0.39, 0.29) is 17.2 Å². The number of benzene rings is 1. The van der Waals surface area contributed by atoms with Gasteiger partial charge in [0.15, 0.2) is 0 Å². The van der Waals surface area contributed by atoms with Crippen molar-refractivity contribution in [1.29, 1.82) is 0 Å². The molecule has 1 aliphatic rings. The smallest absolute Gasteiger partial charge is 0.478 e. The first-order chi connectivity index (χ1) is 17.7. The number of rotatable bonds is 6. The molecule has 0 unspecified atom stereocenters. The van der Waals surface area contributed by atoms with Gasteiger partial charge in [0.2, 0.25) is 0 Å². The second kappa shape index (κ2) is 9.55. The number of nitrogens with zero attached hydrogens (tertiary/aromatic N) is 3. The van der Waals surface area contributed by atoms with E-state index in [0.717, 1.165) is 30.0 Å². The van der Waals surface area contributed by atoms with E-state index in [2.05, 4.69) is 9.89 Å². The second-order valence-corrected chi connectivity index (χ2v) is 8.87. The van der Waals surface area contributed by atoms with Crippen LogP contribution in [0.15, 0.2) is 41.2 Å². The highest BCUT2D eigenvalue weighted by atomic mass is 19.4. The Hall–Kier alpha value is -3.86. The highest BCUT2D eigenvalue weighted by molar-refractivity contribution is 5.99. The third-order valence-corrected chi connectivity index (χ3v) is 6.54. The van der Waals surface area contributed by atoms with Crippen molar-refractivity contribution in [3.63, 3.8) is 0 Å². The van der Waals surface area contributed by atoms with Crippen molar-refractivity contribution in [2.45, 2.75) is 45.5 Å². The minimum Gasteiger partial charge on any atom is -0.478 e. The Labute approximate surface area is 209 Å². The normalized spacial score (nSPS) is 14.8. The van der Waals surface area contributed by atoms with Gasteiger partial charge in [-0.3, -0.25) is 0 Å². The van der Waals surface area contributed by atoms with Crippen LogP contribution in [0.25, 0.3) is 33.3 Å². The number of aromatic carboxylic acids is 1. The van der Waals surface area contributed by atoms with Gasteiger partial charge >= 0.3 is 12.3 Å². The molecule has 3 aromatic heterocycles. The number of halogens is 3. The molecule has 0 spiro atoms. The van der Waals surface area contributed by atoms with Crippen LogP contribution in [-0.4, -0.2) is 45.4 Å². The zero-order valence-electron chi connectivity index (χ0n) is 20.1. The summed E-state index contributed by atoms with van der Waals surface area (Å²) in [5, 5.41) is 14.0. The van der Waals surface area contributed by atoms with Gasteiger partial charge in [0.1, 0.15) is 17.2 Å². The summed E-state index contributed by atoms with van der Waals surface area (Å²) < 4.78 is 57.2. The van der Waals surface area contributed by atoms with E-state index in [1.54, 1.807) is 12.4 Å². The lowest BCUT2D eigenvalue weighted by molar-refractivity contribution is -0.274. The van der Waals surface area contributed by atoms with E-state index >= 15 is 0 Å². The number of carboxylic acids is 1. The molecule has 1 N–H and O–H groups in total. The third kappa shape index (κ3) is 4.78. The fourth-order valence-electron chi connectivity index (χ4n) is 4.84. The first-order valence-electron chi connectivity index (χ1n) is 11.8. The molecule has 1 aromatic carbocycles. The number of aromatic nitrogens is 3. The maximum atomic E-state index is 13.3. The predicted molar refractivity (Wildman–Crippen MR) is 128 cm³/mol. The zero-order valence-corrected chi connectivity index (χ0v) is 20.1. The number of aryl methyl sites for hydroxylation is 2. The van der Waals surface area contributed by atoms with Crippen LogP contribution in [-0.2, 0) is 11.2 Å². The maximum Gasteiger partial charge on any atom is 0.573 e. The molecule has 194 valence electrons. The number of fused-ring (bicyclic) bond motifs is 1. The Bertz CT molecular complexity index is 1470. The Morgan fingerprint density at radius 2 is 1.97 bits per heavy atom. The molecule has 0 aliphatic carbocycles. The van der Waals surface area contributed by atoms with Crippen molar-refractivity contribution in [1.82, 2.24) is 14.7 Å². The minimum atomic E-state index is -5.01. The molecular weight excluding hydrogens is 491 g/mol. The molecule has 11 heteroatoms. The number of hydrogen-bond acceptors (Lipinski definition) is 6. The fourth-order valence-corrected chi connectivity index (χ4v) is 4.84. The summed E-state index contributed by atoms with van der Waals surface area (Å²) in [6, 6.07) is 5.38. The number of pyridine rings is 1. The molecule has 8 nitrogen and oxygen atoms in total. The number of ether oxygens (including phenoxy) is 2. The standard InChI is InChI=1S/C26H24F3N3O5/c1-3-21-23(14(2)31-37-21)16-10-19-20(13-32(24(19)30-12-16)17-6-8-35-9-7-17)18-5-4-15(25(33)34)11-22(18)36-26(27,28)29/h4-5,10-13,17H,3,6-9H2,1-2H3,(H,33,34). The summed E-state index contributed by atoms with van der Waals surface area (Å²) in [7, 11) is 0. The van der Waals surface area contributed by atoms with Gasteiger partial charge in [-0.15, -0.1) is 13.2 Å². The zero-order chi connectivity index (χ0) is 26.3. The highest BCUT2D eigenvalue weighted by Gasteiger charge is 2.33. The topological polar surface area (TPSA) is 99.6 Å². The summed E-state index contributed by atoms with van der Waals surface area (Å²) in [5.74, 6) is -1.28. The van der Waals surface area contributed by atoms with Crippen LogP contribution in [0.4, 0.5) is 13.2 Å². The van der Waals surface area contributed by atoms with Crippen molar-refractivity contribution in [3.8, 4) is 28.0 Å². The average Bonchev–Trinajstić information content (AvgIpc) is 3.43. The van der Waals surface area contributed by atoms with E-state index in [0.29, 0.717) is 47.7 Å². The Kier molecular flexibility index (Phi) is 6.40. The Balaban J connectivity index is 1.76. The monoisotopic (exact) mass is 515 g/mol. The molecule has 4 aromatic rings. The molecule has 1 fully saturated rings. The van der Waals surface area contributed by atoms with Gasteiger partial charge in [0, 0.05) is 65.7 Å². The largest absolute Gasteiger partial charge is 0.573 e. The lowest BCUT2D eigenvalue weighted by atomic mass is 9.99. The molecule has 1 aliphatic heterocycles. The molecule has 37 heavy (non-hydrogen) atoms. The first kappa shape index (κ1) is 24.8. The number of hydrogen-bond donors (Lipinski definition) is 1. The molecule has 5 rings (SSSR count). The SMILES string of the molecule is CCc1onc(C)c1-c1cnc2c(c1)c(-c1ccc(C(=O)O)cc1OC(F)(F)F)cn2C1CCOCC1. The van der Waals surface area contributed by atoms with Gasteiger partial charge in [-0.1, -0.05) is 12.1 Å². The van der Waals surface area contributed by atoms with E-state index in [1.807, 2.05) is 24.5 Å². The Morgan fingerprint density at radius 1 is 1.22 bits per heavy atom. The van der Waals surface area contributed by atoms with Crippen molar-refractivity contribution in [2.75, 3.05) is 13.2 Å². The highest BCUT2D eigenvalue weighted by Crippen LogP contribution is 2.42. The number of carboxylic acid groups (broad SMARTS) is 1. The lowest BCUT2D eigenvalue weighted by Gasteiger charge is -2.24. The van der Waals surface area contributed by atoms with E-state index in [9.17, 15) is 23.1 Å². The molecule has 0 amide bonds. The molecule has 1 saturated heterocycles.